The number of hydrogen-bond acceptors (Lipinski definition) is 5. The summed E-state index contributed by atoms with van der Waals surface area (Å²) >= 11 is 0. The third-order valence-corrected chi connectivity index (χ3v) is 7.51. The Labute approximate surface area is 220 Å². The van der Waals surface area contributed by atoms with Gasteiger partial charge in [-0.15, -0.1) is 0 Å². The Morgan fingerprint density at radius 3 is 2.26 bits per heavy atom. The van der Waals surface area contributed by atoms with Gasteiger partial charge in [0.2, 0.25) is 0 Å². The molecule has 2 aromatic carbocycles. The maximum Gasteiger partial charge on any atom is 0.423 e. The average Bonchev–Trinajstić information content (AvgIpc) is 2.89. The van der Waals surface area contributed by atoms with Crippen molar-refractivity contribution in [2.24, 2.45) is 5.92 Å². The molecule has 2 aliphatic rings. The number of urea groups is 1. The fraction of sp³-hybridized carbons (Fsp3) is 0.519. The van der Waals surface area contributed by atoms with Gasteiger partial charge in [-0.2, -0.15) is 13.2 Å². The quantitative estimate of drug-likeness (QED) is 0.377. The molecule has 11 heteroatoms. The molecule has 1 N–H and O–H groups in total. The van der Waals surface area contributed by atoms with Crippen LogP contribution in [-0.2, 0) is 6.18 Å². The van der Waals surface area contributed by atoms with Gasteiger partial charge in [0.05, 0.1) is 4.92 Å². The number of nitrogens with zero attached hydrogens (tertiary/aromatic N) is 4. The summed E-state index contributed by atoms with van der Waals surface area (Å²) < 4.78 is 39.8. The lowest BCUT2D eigenvalue weighted by Gasteiger charge is -2.38. The van der Waals surface area contributed by atoms with E-state index < -0.39 is 22.4 Å². The van der Waals surface area contributed by atoms with Crippen molar-refractivity contribution in [3.05, 3.63) is 63.7 Å². The molecule has 2 amide bonds. The van der Waals surface area contributed by atoms with Crippen LogP contribution in [0.2, 0.25) is 0 Å². The third kappa shape index (κ3) is 6.68. The number of aryl methyl sites for hydroxylation is 1. The molecule has 2 aromatic rings. The molecule has 8 nitrogen and oxygen atoms in total. The molecule has 38 heavy (non-hydrogen) atoms. The Morgan fingerprint density at radius 1 is 1.05 bits per heavy atom. The zero-order valence-corrected chi connectivity index (χ0v) is 21.7. The first-order valence-electron chi connectivity index (χ1n) is 12.9. The Morgan fingerprint density at radius 2 is 1.68 bits per heavy atom. The molecule has 0 radical (unpaired) electrons. The fourth-order valence-corrected chi connectivity index (χ4v) is 5.30. The van der Waals surface area contributed by atoms with Gasteiger partial charge < -0.3 is 20.0 Å². The SMILES string of the molecule is Cc1ccc(N2CCC(CN(C)C(=O)N3CCC(Nc4ccc([N+](=O)[O-])c(C(F)(F)F)c4)CC3)CC2)cc1. The lowest BCUT2D eigenvalue weighted by atomic mass is 9.96. The predicted molar refractivity (Wildman–Crippen MR) is 140 cm³/mol. The van der Waals surface area contributed by atoms with Gasteiger partial charge in [0.1, 0.15) is 5.56 Å². The zero-order valence-electron chi connectivity index (χ0n) is 21.7. The summed E-state index contributed by atoms with van der Waals surface area (Å²) in [6.45, 7) is 5.68. The van der Waals surface area contributed by atoms with Gasteiger partial charge in [-0.1, -0.05) is 17.7 Å². The maximum atomic E-state index is 13.3. The smallest absolute Gasteiger partial charge is 0.382 e. The minimum atomic E-state index is -4.82. The van der Waals surface area contributed by atoms with Gasteiger partial charge in [0, 0.05) is 63.3 Å². The number of hydrogen-bond donors (Lipinski definition) is 1. The molecular weight excluding hydrogens is 499 g/mol. The highest BCUT2D eigenvalue weighted by molar-refractivity contribution is 5.74. The number of rotatable bonds is 6. The normalized spacial score (nSPS) is 17.4. The van der Waals surface area contributed by atoms with E-state index in [1.54, 1.807) is 9.80 Å². The van der Waals surface area contributed by atoms with Crippen molar-refractivity contribution >= 4 is 23.1 Å². The number of nitro groups is 1. The van der Waals surface area contributed by atoms with E-state index in [1.165, 1.54) is 17.3 Å². The second kappa shape index (κ2) is 11.5. The molecule has 0 aliphatic carbocycles. The fourth-order valence-electron chi connectivity index (χ4n) is 5.30. The van der Waals surface area contributed by atoms with Crippen LogP contribution in [-0.4, -0.2) is 66.6 Å². The molecule has 2 heterocycles. The van der Waals surface area contributed by atoms with E-state index in [-0.39, 0.29) is 17.8 Å². The van der Waals surface area contributed by atoms with E-state index in [0.717, 1.165) is 38.1 Å². The number of carbonyl (C=O) groups is 1. The van der Waals surface area contributed by atoms with Crippen LogP contribution in [0.25, 0.3) is 0 Å². The number of amides is 2. The Hall–Kier alpha value is -3.50. The zero-order chi connectivity index (χ0) is 27.4. The molecule has 4 rings (SSSR count). The van der Waals surface area contributed by atoms with Crippen LogP contribution < -0.4 is 10.2 Å². The van der Waals surface area contributed by atoms with Crippen LogP contribution >= 0.6 is 0 Å². The molecule has 206 valence electrons. The van der Waals surface area contributed by atoms with E-state index >= 15 is 0 Å². The highest BCUT2D eigenvalue weighted by Crippen LogP contribution is 2.38. The van der Waals surface area contributed by atoms with Crippen LogP contribution in [0.1, 0.15) is 36.8 Å². The first-order chi connectivity index (χ1) is 18.0. The number of carbonyl (C=O) groups excluding carboxylic acids is 1. The highest BCUT2D eigenvalue weighted by Gasteiger charge is 2.38. The first kappa shape index (κ1) is 27.5. The maximum absolute atomic E-state index is 13.3. The standard InChI is InChI=1S/C27H34F3N5O3/c1-19-3-6-23(7-4-19)33-13-9-20(10-14-33)18-32(2)26(36)34-15-11-21(12-16-34)31-22-5-8-25(35(37)38)24(17-22)27(28,29)30/h3-8,17,20-21,31H,9-16,18H2,1-2H3. The molecule has 0 bridgehead atoms. The monoisotopic (exact) mass is 533 g/mol. The van der Waals surface area contributed by atoms with Crippen molar-refractivity contribution in [2.45, 2.75) is 44.8 Å². The lowest BCUT2D eigenvalue weighted by Crippen LogP contribution is -2.49. The van der Waals surface area contributed by atoms with Gasteiger partial charge in [0.15, 0.2) is 0 Å². The summed E-state index contributed by atoms with van der Waals surface area (Å²) in [4.78, 5) is 29.0. The van der Waals surface area contributed by atoms with Crippen molar-refractivity contribution in [1.82, 2.24) is 9.80 Å². The minimum absolute atomic E-state index is 0.0286. The predicted octanol–water partition coefficient (Wildman–Crippen LogP) is 5.77. The number of nitro benzene ring substituents is 1. The van der Waals surface area contributed by atoms with Crippen molar-refractivity contribution in [3.63, 3.8) is 0 Å². The average molecular weight is 534 g/mol. The van der Waals surface area contributed by atoms with Crippen molar-refractivity contribution in [1.29, 1.82) is 0 Å². The minimum Gasteiger partial charge on any atom is -0.382 e. The molecule has 2 aliphatic heterocycles. The summed E-state index contributed by atoms with van der Waals surface area (Å²) in [5, 5.41) is 14.0. The second-order valence-electron chi connectivity index (χ2n) is 10.3. The van der Waals surface area contributed by atoms with E-state index in [4.69, 9.17) is 0 Å². The summed E-state index contributed by atoms with van der Waals surface area (Å²) in [5.41, 5.74) is 0.421. The lowest BCUT2D eigenvalue weighted by molar-refractivity contribution is -0.388. The largest absolute Gasteiger partial charge is 0.423 e. The van der Waals surface area contributed by atoms with Crippen LogP contribution in [0.4, 0.5) is 35.0 Å². The van der Waals surface area contributed by atoms with E-state index in [9.17, 15) is 28.1 Å². The van der Waals surface area contributed by atoms with Gasteiger partial charge in [-0.25, -0.2) is 4.79 Å². The Balaban J connectivity index is 1.24. The second-order valence-corrected chi connectivity index (χ2v) is 10.3. The summed E-state index contributed by atoms with van der Waals surface area (Å²) in [7, 11) is 1.83. The van der Waals surface area contributed by atoms with Crippen molar-refractivity contribution in [2.75, 3.05) is 50.0 Å². The van der Waals surface area contributed by atoms with Gasteiger partial charge in [-0.3, -0.25) is 10.1 Å². The van der Waals surface area contributed by atoms with Gasteiger partial charge in [-0.05, 0) is 62.8 Å². The number of nitrogens with one attached hydrogen (secondary N) is 1. The van der Waals surface area contributed by atoms with Crippen LogP contribution in [0.3, 0.4) is 0 Å². The topological polar surface area (TPSA) is 82.0 Å². The Bertz CT molecular complexity index is 1130. The molecule has 2 fully saturated rings. The van der Waals surface area contributed by atoms with Crippen molar-refractivity contribution in [3.8, 4) is 0 Å². The number of likely N-dealkylation sites (tertiary alicyclic amines) is 1. The summed E-state index contributed by atoms with van der Waals surface area (Å²) in [6, 6.07) is 11.4. The number of piperidine rings is 2. The van der Waals surface area contributed by atoms with Gasteiger partial charge in [0.25, 0.3) is 5.69 Å². The van der Waals surface area contributed by atoms with Gasteiger partial charge >= 0.3 is 12.2 Å². The molecular formula is C27H34F3N5O3. The number of halogens is 3. The number of alkyl halides is 3. The number of anilines is 2. The Kier molecular flexibility index (Phi) is 8.32. The van der Waals surface area contributed by atoms with Crippen molar-refractivity contribution < 1.29 is 22.9 Å². The molecule has 0 atom stereocenters. The number of benzene rings is 2. The summed E-state index contributed by atoms with van der Waals surface area (Å²) in [5.74, 6) is 0.440. The molecule has 0 spiro atoms. The van der Waals surface area contributed by atoms with Crippen LogP contribution in [0.15, 0.2) is 42.5 Å². The summed E-state index contributed by atoms with van der Waals surface area (Å²) in [6.07, 6.45) is -1.63. The van der Waals surface area contributed by atoms with E-state index in [2.05, 4.69) is 41.4 Å². The highest BCUT2D eigenvalue weighted by atomic mass is 19.4. The van der Waals surface area contributed by atoms with Crippen LogP contribution in [0.5, 0.6) is 0 Å². The first-order valence-corrected chi connectivity index (χ1v) is 12.9. The third-order valence-electron chi connectivity index (χ3n) is 7.51. The molecule has 0 saturated carbocycles. The molecule has 0 aromatic heterocycles. The van der Waals surface area contributed by atoms with E-state index in [0.29, 0.717) is 38.4 Å². The van der Waals surface area contributed by atoms with E-state index in [1.807, 2.05) is 7.05 Å². The van der Waals surface area contributed by atoms with Crippen LogP contribution in [0, 0.1) is 23.0 Å². The molecule has 0 unspecified atom stereocenters. The molecule has 2 saturated heterocycles.